The summed E-state index contributed by atoms with van der Waals surface area (Å²) in [4.78, 5) is 107. The molecule has 11 N–H and O–H groups in total. The van der Waals surface area contributed by atoms with Crippen LogP contribution in [0.5, 0.6) is 5.75 Å². The highest BCUT2D eigenvalue weighted by molar-refractivity contribution is 5.99. The molecule has 2 aliphatic rings. The first-order valence-corrected chi connectivity index (χ1v) is 26.0. The molecule has 0 bridgehead atoms. The van der Waals surface area contributed by atoms with E-state index in [1.807, 2.05) is 60.7 Å². The predicted octanol–water partition coefficient (Wildman–Crippen LogP) is 3.37. The number of amides is 7. The van der Waals surface area contributed by atoms with Gasteiger partial charge in [-0.3, -0.25) is 28.8 Å². The Bertz CT molecular complexity index is 2960. The van der Waals surface area contributed by atoms with Gasteiger partial charge in [-0.05, 0) is 71.8 Å². The lowest BCUT2D eigenvalue weighted by molar-refractivity contribution is -0.143. The van der Waals surface area contributed by atoms with Crippen molar-refractivity contribution in [1.29, 1.82) is 0 Å². The van der Waals surface area contributed by atoms with Crippen LogP contribution in [0.3, 0.4) is 0 Å². The van der Waals surface area contributed by atoms with E-state index in [2.05, 4.69) is 36.9 Å². The van der Waals surface area contributed by atoms with Gasteiger partial charge in [0.1, 0.15) is 54.7 Å². The van der Waals surface area contributed by atoms with Gasteiger partial charge in [0.15, 0.2) is 0 Å². The number of H-pyrrole nitrogens is 1. The molecular formula is C58H66N10O9. The Morgan fingerprint density at radius 2 is 1.17 bits per heavy atom. The summed E-state index contributed by atoms with van der Waals surface area (Å²) < 4.78 is 11.8. The number of hydrogen-bond donors (Lipinski definition) is 9. The number of carbonyl (C=O) groups excluding carboxylic acids is 7. The molecular weight excluding hydrogens is 981 g/mol. The maximum absolute atomic E-state index is 15.3. The number of para-hydroxylation sites is 1. The zero-order chi connectivity index (χ0) is 54.1. The van der Waals surface area contributed by atoms with Crippen molar-refractivity contribution in [3.05, 3.63) is 174 Å². The number of unbranched alkanes of at least 4 members (excludes halogenated alkanes) is 1. The van der Waals surface area contributed by atoms with E-state index in [0.29, 0.717) is 54.0 Å². The molecule has 19 heteroatoms. The van der Waals surface area contributed by atoms with E-state index in [9.17, 15) is 24.0 Å². The quantitative estimate of drug-likeness (QED) is 0.0598. The smallest absolute Gasteiger partial charge is 0.407 e. The second-order valence-electron chi connectivity index (χ2n) is 19.2. The predicted molar refractivity (Wildman–Crippen MR) is 288 cm³/mol. The van der Waals surface area contributed by atoms with Crippen LogP contribution in [0.25, 0.3) is 10.9 Å². The van der Waals surface area contributed by atoms with Gasteiger partial charge in [0.25, 0.3) is 0 Å². The van der Waals surface area contributed by atoms with Gasteiger partial charge in [0.2, 0.25) is 35.4 Å². The molecule has 0 spiro atoms. The first-order valence-electron chi connectivity index (χ1n) is 26.0. The van der Waals surface area contributed by atoms with E-state index < -0.39 is 83.9 Å². The summed E-state index contributed by atoms with van der Waals surface area (Å²) >= 11 is 0. The Labute approximate surface area is 446 Å². The number of nitrogens with one attached hydrogen (secondary N) is 7. The molecule has 77 heavy (non-hydrogen) atoms. The van der Waals surface area contributed by atoms with Crippen molar-refractivity contribution < 1.29 is 43.0 Å². The van der Waals surface area contributed by atoms with Gasteiger partial charge in [-0.15, -0.1) is 0 Å². The third kappa shape index (κ3) is 14.9. The van der Waals surface area contributed by atoms with Crippen molar-refractivity contribution in [1.82, 2.24) is 41.8 Å². The number of nitrogens with two attached hydrogens (primary N) is 2. The first kappa shape index (κ1) is 54.7. The van der Waals surface area contributed by atoms with E-state index in [4.69, 9.17) is 20.9 Å². The van der Waals surface area contributed by atoms with E-state index in [-0.39, 0.29) is 51.7 Å². The minimum absolute atomic E-state index is 0.0385. The summed E-state index contributed by atoms with van der Waals surface area (Å²) in [6.07, 6.45) is 0.652. The van der Waals surface area contributed by atoms with E-state index in [1.165, 1.54) is 4.90 Å². The molecule has 1 aromatic heterocycles. The Hall–Kier alpha value is -8.55. The van der Waals surface area contributed by atoms with Crippen molar-refractivity contribution in [2.75, 3.05) is 26.2 Å². The van der Waals surface area contributed by atoms with Crippen molar-refractivity contribution in [3.63, 3.8) is 0 Å². The Balaban J connectivity index is 1.19. The molecule has 402 valence electrons. The van der Waals surface area contributed by atoms with Gasteiger partial charge in [0.05, 0.1) is 6.54 Å². The number of carbonyl (C=O) groups is 7. The minimum Gasteiger partial charge on any atom is -0.489 e. The highest BCUT2D eigenvalue weighted by atomic mass is 16.6. The van der Waals surface area contributed by atoms with Crippen LogP contribution in [-0.4, -0.2) is 114 Å². The van der Waals surface area contributed by atoms with Gasteiger partial charge in [0, 0.05) is 55.9 Å². The molecule has 2 aliphatic heterocycles. The summed E-state index contributed by atoms with van der Waals surface area (Å²) in [5, 5.41) is 17.9. The minimum atomic E-state index is -1.42. The SMILES string of the molecule is NCCCC[C@@H]1NC(=O)[C@H](Cc2c[nH]c3ccccc23)NC(=O)C(c2ccccc2)NC(=O)[C@@H]2C[C@@H](OC(=O)NCCN)CN2C(=O)[C@H](Cc2ccccc2)NC(=O)[C@H](Cc2ccc(OCc3ccccc3)cc2)NC1=O. The van der Waals surface area contributed by atoms with Crippen molar-refractivity contribution in [2.45, 2.75) is 93.9 Å². The fraction of sp³-hybridized carbons (Fsp3) is 0.328. The lowest BCUT2D eigenvalue weighted by Crippen LogP contribution is -2.61. The summed E-state index contributed by atoms with van der Waals surface area (Å²) in [5.74, 6) is -3.76. The molecule has 2 fully saturated rings. The number of nitrogens with zero attached hydrogens (tertiary/aromatic N) is 1. The van der Waals surface area contributed by atoms with Crippen LogP contribution < -0.4 is 48.1 Å². The van der Waals surface area contributed by atoms with Crippen molar-refractivity contribution in [3.8, 4) is 5.75 Å². The molecule has 0 saturated carbocycles. The maximum atomic E-state index is 15.3. The highest BCUT2D eigenvalue weighted by Gasteiger charge is 2.45. The van der Waals surface area contributed by atoms with Crippen molar-refractivity contribution >= 4 is 52.4 Å². The molecule has 6 aromatic rings. The number of fused-ring (bicyclic) bond motifs is 2. The van der Waals surface area contributed by atoms with Crippen LogP contribution in [0.4, 0.5) is 4.79 Å². The second-order valence-corrected chi connectivity index (χ2v) is 19.2. The highest BCUT2D eigenvalue weighted by Crippen LogP contribution is 2.26. The first-order chi connectivity index (χ1) is 37.5. The number of rotatable bonds is 17. The molecule has 5 aromatic carbocycles. The maximum Gasteiger partial charge on any atom is 0.407 e. The average molecular weight is 1050 g/mol. The molecule has 19 nitrogen and oxygen atoms in total. The number of ether oxygens (including phenoxy) is 2. The molecule has 7 atom stereocenters. The Morgan fingerprint density at radius 3 is 1.87 bits per heavy atom. The van der Waals surface area contributed by atoms with Gasteiger partial charge in [-0.25, -0.2) is 4.79 Å². The summed E-state index contributed by atoms with van der Waals surface area (Å²) in [7, 11) is 0. The number of benzene rings is 5. The molecule has 0 aliphatic carbocycles. The molecule has 2 saturated heterocycles. The van der Waals surface area contributed by atoms with Crippen LogP contribution >= 0.6 is 0 Å². The second kappa shape index (κ2) is 26.8. The van der Waals surface area contributed by atoms with E-state index >= 15 is 9.59 Å². The Kier molecular flexibility index (Phi) is 19.0. The third-order valence-electron chi connectivity index (χ3n) is 13.7. The van der Waals surface area contributed by atoms with Crippen LogP contribution in [0.15, 0.2) is 146 Å². The van der Waals surface area contributed by atoms with Crippen LogP contribution in [0.2, 0.25) is 0 Å². The van der Waals surface area contributed by atoms with Gasteiger partial charge in [-0.1, -0.05) is 121 Å². The zero-order valence-electron chi connectivity index (χ0n) is 42.7. The fourth-order valence-electron chi connectivity index (χ4n) is 9.65. The number of aromatic amines is 1. The van der Waals surface area contributed by atoms with E-state index in [1.54, 1.807) is 85.1 Å². The Morgan fingerprint density at radius 1 is 0.584 bits per heavy atom. The van der Waals surface area contributed by atoms with Crippen molar-refractivity contribution in [2.24, 2.45) is 11.5 Å². The zero-order valence-corrected chi connectivity index (χ0v) is 42.7. The number of aromatic nitrogens is 1. The number of hydrogen-bond acceptors (Lipinski definition) is 11. The average Bonchev–Trinajstić information content (AvgIpc) is 4.08. The van der Waals surface area contributed by atoms with Gasteiger partial charge in [-0.2, -0.15) is 0 Å². The molecule has 1 unspecified atom stereocenters. The monoisotopic (exact) mass is 1050 g/mol. The van der Waals surface area contributed by atoms with Crippen LogP contribution in [0.1, 0.15) is 59.5 Å². The molecule has 3 heterocycles. The topological polar surface area (TPSA) is 281 Å². The third-order valence-corrected chi connectivity index (χ3v) is 13.7. The normalized spacial score (nSPS) is 21.6. The summed E-state index contributed by atoms with van der Waals surface area (Å²) in [5.41, 5.74) is 15.7. The number of alkyl carbamates (subject to hydrolysis) is 1. The molecule has 0 radical (unpaired) electrons. The van der Waals surface area contributed by atoms with Gasteiger partial charge >= 0.3 is 6.09 Å². The molecule has 8 rings (SSSR count). The molecule has 7 amide bonds. The fourth-order valence-corrected chi connectivity index (χ4v) is 9.65. The van der Waals surface area contributed by atoms with Crippen LogP contribution in [0, 0.1) is 0 Å². The summed E-state index contributed by atoms with van der Waals surface area (Å²) in [6.45, 7) is 0.617. The lowest BCUT2D eigenvalue weighted by Gasteiger charge is -2.32. The standard InChI is InChI=1S/C58H66N10O9/c59-27-13-12-22-46-52(69)64-47(30-38-23-25-42(26-24-38)76-36-39-16-6-2-7-17-39)53(70)66-49(31-37-14-4-1-5-15-37)57(74)68-35-43(77-58(75)61-29-28-60)33-50(68)55(72)67-51(40-18-8-3-9-19-40)56(73)65-48(54(71)63-46)32-41-34-62-45-21-11-10-20-44(41)45/h1-11,14-21,23-26,34,43,46-51,62H,12-13,22,27-33,35-36,59-60H2,(H,61,75)(H,63,71)(H,64,69)(H,65,73)(H,66,70)(H,67,72)/t43-,46+,47+,48+,49+,50+,51?/m1/s1. The van der Waals surface area contributed by atoms with E-state index in [0.717, 1.165) is 16.5 Å². The van der Waals surface area contributed by atoms with Gasteiger partial charge < -0.3 is 62.7 Å². The lowest BCUT2D eigenvalue weighted by atomic mass is 9.99. The van der Waals surface area contributed by atoms with Crippen LogP contribution in [-0.2, 0) is 59.4 Å². The summed E-state index contributed by atoms with van der Waals surface area (Å²) in [6, 6.07) is 33.6. The largest absolute Gasteiger partial charge is 0.489 e.